The summed E-state index contributed by atoms with van der Waals surface area (Å²) in [5.74, 6) is -0.0553. The Morgan fingerprint density at radius 1 is 0.907 bits per heavy atom. The first-order valence-electron chi connectivity index (χ1n) is 14.2. The molecule has 2 aliphatic rings. The molecule has 8 nitrogen and oxygen atoms in total. The second-order valence-electron chi connectivity index (χ2n) is 11.1. The third-order valence-corrected chi connectivity index (χ3v) is 8.64. The predicted molar refractivity (Wildman–Crippen MR) is 166 cm³/mol. The van der Waals surface area contributed by atoms with Crippen LogP contribution in [0.15, 0.2) is 91.0 Å². The number of hydrogen-bond acceptors (Lipinski definition) is 4. The molecule has 2 atom stereocenters. The average Bonchev–Trinajstić information content (AvgIpc) is 3.52. The van der Waals surface area contributed by atoms with E-state index in [1.165, 1.54) is 4.90 Å². The highest BCUT2D eigenvalue weighted by atomic mass is 16.5. The number of nitrogens with one attached hydrogen (secondary N) is 2. The monoisotopic (exact) mass is 570 g/mol. The van der Waals surface area contributed by atoms with Crippen molar-refractivity contribution in [2.24, 2.45) is 0 Å². The lowest BCUT2D eigenvalue weighted by atomic mass is 9.89. The fraction of sp³-hybridized carbons (Fsp3) is 0.171. The number of imide groups is 1. The summed E-state index contributed by atoms with van der Waals surface area (Å²) in [6.45, 7) is 3.99. The molecule has 2 aliphatic heterocycles. The standard InChI is InChI=1S/C35H30N4O4/c1-20-12-15-23(18-21(20)2)36-33(40)26-9-5-7-11-29(26)39-34(41)30-19-27-25-8-4-6-10-28(25)37-31(27)32(38(30)35(39)42)22-13-16-24(43-3)17-14-22/h4-18,30,32,37H,19H2,1-3H3,(H,36,40)/t30-,32-/m0/s1. The van der Waals surface area contributed by atoms with E-state index in [2.05, 4.69) is 10.3 Å². The summed E-state index contributed by atoms with van der Waals surface area (Å²) in [7, 11) is 1.61. The van der Waals surface area contributed by atoms with Gasteiger partial charge in [0.1, 0.15) is 17.8 Å². The number of nitrogens with zero attached hydrogens (tertiary/aromatic N) is 2. The molecule has 214 valence electrons. The van der Waals surface area contributed by atoms with Gasteiger partial charge in [-0.25, -0.2) is 9.69 Å². The van der Waals surface area contributed by atoms with Gasteiger partial charge in [0.15, 0.2) is 0 Å². The number of ether oxygens (including phenoxy) is 1. The van der Waals surface area contributed by atoms with E-state index in [9.17, 15) is 14.4 Å². The smallest absolute Gasteiger partial charge is 0.332 e. The number of methoxy groups -OCH3 is 1. The number of aromatic nitrogens is 1. The van der Waals surface area contributed by atoms with Crippen LogP contribution < -0.4 is 15.0 Å². The summed E-state index contributed by atoms with van der Waals surface area (Å²) in [6, 6.07) is 26.2. The van der Waals surface area contributed by atoms with E-state index in [-0.39, 0.29) is 17.2 Å². The Balaban J connectivity index is 1.30. The number of rotatable bonds is 5. The second kappa shape index (κ2) is 10.2. The van der Waals surface area contributed by atoms with Crippen LogP contribution in [0.5, 0.6) is 5.75 Å². The Hall–Kier alpha value is -5.37. The van der Waals surface area contributed by atoms with E-state index in [0.717, 1.165) is 38.9 Å². The number of hydrogen-bond donors (Lipinski definition) is 2. The first-order valence-corrected chi connectivity index (χ1v) is 14.2. The summed E-state index contributed by atoms with van der Waals surface area (Å²) in [5.41, 5.74) is 7.01. The summed E-state index contributed by atoms with van der Waals surface area (Å²) in [6.07, 6.45) is 0.365. The van der Waals surface area contributed by atoms with Crippen LogP contribution >= 0.6 is 0 Å². The van der Waals surface area contributed by atoms with Crippen molar-refractivity contribution in [3.05, 3.63) is 125 Å². The number of para-hydroxylation sites is 2. The highest BCUT2D eigenvalue weighted by Gasteiger charge is 2.53. The van der Waals surface area contributed by atoms with E-state index in [1.807, 2.05) is 80.6 Å². The number of carbonyl (C=O) groups excluding carboxylic acids is 3. The maximum Gasteiger partial charge on any atom is 0.332 e. The minimum atomic E-state index is -0.734. The highest BCUT2D eigenvalue weighted by molar-refractivity contribution is 6.24. The van der Waals surface area contributed by atoms with Gasteiger partial charge in [0.05, 0.1) is 18.4 Å². The molecule has 1 aromatic heterocycles. The first-order chi connectivity index (χ1) is 20.9. The maximum atomic E-state index is 14.4. The molecule has 0 spiro atoms. The van der Waals surface area contributed by atoms with Crippen LogP contribution in [0, 0.1) is 13.8 Å². The fourth-order valence-electron chi connectivity index (χ4n) is 6.31. The Bertz CT molecular complexity index is 1930. The third kappa shape index (κ3) is 4.25. The van der Waals surface area contributed by atoms with Crippen molar-refractivity contribution in [1.29, 1.82) is 0 Å². The molecule has 4 aromatic carbocycles. The quantitative estimate of drug-likeness (QED) is 0.235. The van der Waals surface area contributed by atoms with E-state index in [1.54, 1.807) is 36.3 Å². The lowest BCUT2D eigenvalue weighted by Gasteiger charge is -2.36. The van der Waals surface area contributed by atoms with Crippen LogP contribution in [0.3, 0.4) is 0 Å². The van der Waals surface area contributed by atoms with Crippen LogP contribution in [0.4, 0.5) is 16.2 Å². The number of anilines is 2. The molecule has 5 aromatic rings. The number of amides is 4. The van der Waals surface area contributed by atoms with Gasteiger partial charge in [0.25, 0.3) is 11.8 Å². The Morgan fingerprint density at radius 2 is 1.65 bits per heavy atom. The molecular formula is C35H30N4O4. The molecule has 0 saturated carbocycles. The van der Waals surface area contributed by atoms with Crippen molar-refractivity contribution >= 4 is 40.1 Å². The Kier molecular flexibility index (Phi) is 6.27. The van der Waals surface area contributed by atoms with Crippen LogP contribution in [-0.4, -0.2) is 40.9 Å². The minimum absolute atomic E-state index is 0.243. The van der Waals surface area contributed by atoms with Gasteiger partial charge in [0.2, 0.25) is 0 Å². The van der Waals surface area contributed by atoms with Crippen molar-refractivity contribution in [3.8, 4) is 5.75 Å². The predicted octanol–water partition coefficient (Wildman–Crippen LogP) is 6.53. The molecule has 1 saturated heterocycles. The number of H-pyrrole nitrogens is 1. The van der Waals surface area contributed by atoms with E-state index >= 15 is 0 Å². The number of aryl methyl sites for hydroxylation is 2. The van der Waals surface area contributed by atoms with Crippen molar-refractivity contribution < 1.29 is 19.1 Å². The molecule has 7 rings (SSSR count). The number of carbonyl (C=O) groups is 3. The second-order valence-corrected chi connectivity index (χ2v) is 11.1. The van der Waals surface area contributed by atoms with Crippen LogP contribution in [0.1, 0.15) is 44.3 Å². The van der Waals surface area contributed by atoms with E-state index < -0.39 is 24.0 Å². The van der Waals surface area contributed by atoms with Gasteiger partial charge in [-0.2, -0.15) is 0 Å². The lowest BCUT2D eigenvalue weighted by Crippen LogP contribution is -2.44. The molecule has 8 heteroatoms. The number of aromatic amines is 1. The van der Waals surface area contributed by atoms with Gasteiger partial charge in [-0.1, -0.05) is 48.5 Å². The normalized spacial score (nSPS) is 17.7. The van der Waals surface area contributed by atoms with Gasteiger partial charge >= 0.3 is 6.03 Å². The number of urea groups is 1. The Morgan fingerprint density at radius 3 is 2.42 bits per heavy atom. The van der Waals surface area contributed by atoms with Gasteiger partial charge in [0, 0.05) is 28.7 Å². The summed E-state index contributed by atoms with van der Waals surface area (Å²) < 4.78 is 5.38. The summed E-state index contributed by atoms with van der Waals surface area (Å²) in [5, 5.41) is 3.97. The SMILES string of the molecule is COc1ccc([C@H]2c3[nH]c4ccccc4c3C[C@H]3C(=O)N(c4ccccc4C(=O)Nc4ccc(C)c(C)c4)C(=O)N23)cc1. The molecule has 3 heterocycles. The number of fused-ring (bicyclic) bond motifs is 4. The van der Waals surface area contributed by atoms with E-state index in [0.29, 0.717) is 17.9 Å². The summed E-state index contributed by atoms with van der Waals surface area (Å²) >= 11 is 0. The largest absolute Gasteiger partial charge is 0.497 e. The molecule has 43 heavy (non-hydrogen) atoms. The first kappa shape index (κ1) is 26.5. The maximum absolute atomic E-state index is 14.4. The van der Waals surface area contributed by atoms with Gasteiger partial charge in [-0.3, -0.25) is 14.5 Å². The number of benzene rings is 4. The van der Waals surface area contributed by atoms with Gasteiger partial charge in [-0.15, -0.1) is 0 Å². The summed E-state index contributed by atoms with van der Waals surface area (Å²) in [4.78, 5) is 48.5. The van der Waals surface area contributed by atoms with Crippen molar-refractivity contribution in [2.45, 2.75) is 32.4 Å². The Labute approximate surface area is 248 Å². The molecule has 0 aliphatic carbocycles. The molecule has 2 N–H and O–H groups in total. The average molecular weight is 571 g/mol. The lowest BCUT2D eigenvalue weighted by molar-refractivity contribution is -0.120. The molecule has 1 fully saturated rings. The molecular weight excluding hydrogens is 540 g/mol. The minimum Gasteiger partial charge on any atom is -0.497 e. The van der Waals surface area contributed by atoms with E-state index in [4.69, 9.17) is 4.74 Å². The van der Waals surface area contributed by atoms with Crippen molar-refractivity contribution in [2.75, 3.05) is 17.3 Å². The zero-order valence-corrected chi connectivity index (χ0v) is 24.0. The van der Waals surface area contributed by atoms with Crippen LogP contribution in [0.2, 0.25) is 0 Å². The topological polar surface area (TPSA) is 94.7 Å². The van der Waals surface area contributed by atoms with Gasteiger partial charge in [-0.05, 0) is 78.6 Å². The molecule has 0 unspecified atom stereocenters. The zero-order chi connectivity index (χ0) is 29.8. The third-order valence-electron chi connectivity index (χ3n) is 8.64. The molecule has 4 amide bonds. The highest BCUT2D eigenvalue weighted by Crippen LogP contribution is 2.45. The fourth-order valence-corrected chi connectivity index (χ4v) is 6.31. The molecule has 0 bridgehead atoms. The molecule has 0 radical (unpaired) electrons. The van der Waals surface area contributed by atoms with Gasteiger partial charge < -0.3 is 15.0 Å². The van der Waals surface area contributed by atoms with Crippen LogP contribution in [-0.2, 0) is 11.2 Å². The van der Waals surface area contributed by atoms with Crippen LogP contribution in [0.25, 0.3) is 10.9 Å². The van der Waals surface area contributed by atoms with Crippen molar-refractivity contribution in [1.82, 2.24) is 9.88 Å². The zero-order valence-electron chi connectivity index (χ0n) is 24.0. The van der Waals surface area contributed by atoms with Crippen molar-refractivity contribution in [3.63, 3.8) is 0 Å².